The average Bonchev–Trinajstić information content (AvgIpc) is 3.30. The minimum atomic E-state index is -1.00. The van der Waals surface area contributed by atoms with Crippen LogP contribution in [0.15, 0.2) is 65.8 Å². The number of hydrazone groups is 1. The van der Waals surface area contributed by atoms with Crippen molar-refractivity contribution in [3.05, 3.63) is 97.8 Å². The Morgan fingerprint density at radius 2 is 1.78 bits per heavy atom. The summed E-state index contributed by atoms with van der Waals surface area (Å²) in [5, 5.41) is 27.6. The number of nitro groups is 2. The van der Waals surface area contributed by atoms with Gasteiger partial charge in [-0.3, -0.25) is 25.0 Å². The third-order valence-corrected chi connectivity index (χ3v) is 5.08. The smallest absolute Gasteiger partial charge is 0.318 e. The molecule has 0 radical (unpaired) electrons. The van der Waals surface area contributed by atoms with Gasteiger partial charge >= 0.3 is 5.69 Å². The van der Waals surface area contributed by atoms with Crippen molar-refractivity contribution >= 4 is 23.2 Å². The lowest BCUT2D eigenvalue weighted by molar-refractivity contribution is -0.394. The lowest BCUT2D eigenvalue weighted by Gasteiger charge is -2.20. The zero-order valence-electron chi connectivity index (χ0n) is 18.8. The molecule has 0 saturated carbocycles. The van der Waals surface area contributed by atoms with Crippen LogP contribution in [-0.4, -0.2) is 33.8 Å². The van der Waals surface area contributed by atoms with Crippen molar-refractivity contribution in [1.29, 1.82) is 0 Å². The van der Waals surface area contributed by atoms with Crippen LogP contribution in [0.2, 0.25) is 0 Å². The van der Waals surface area contributed by atoms with Crippen molar-refractivity contribution < 1.29 is 33.2 Å². The van der Waals surface area contributed by atoms with Crippen LogP contribution in [-0.2, 0) is 9.53 Å². The van der Waals surface area contributed by atoms with Crippen molar-refractivity contribution in [3.8, 4) is 17.2 Å². The zero-order valence-corrected chi connectivity index (χ0v) is 18.8. The highest BCUT2D eigenvalue weighted by Gasteiger charge is 2.34. The van der Waals surface area contributed by atoms with Crippen LogP contribution < -0.4 is 9.47 Å². The van der Waals surface area contributed by atoms with Gasteiger partial charge in [0.05, 0.1) is 23.0 Å². The Hall–Kier alpha value is -5.07. The number of carbonyl (C=O) groups is 1. The Morgan fingerprint density at radius 3 is 2.42 bits per heavy atom. The molecule has 0 spiro atoms. The van der Waals surface area contributed by atoms with Crippen molar-refractivity contribution in [2.75, 3.05) is 7.11 Å². The second kappa shape index (κ2) is 9.66. The maximum atomic E-state index is 13.7. The van der Waals surface area contributed by atoms with Crippen molar-refractivity contribution in [2.24, 2.45) is 5.10 Å². The normalized spacial score (nSPS) is 14.6. The summed E-state index contributed by atoms with van der Waals surface area (Å²) in [6.07, 6.45) is -1.00. The molecule has 0 N–H and O–H groups in total. The summed E-state index contributed by atoms with van der Waals surface area (Å²) in [6.45, 7) is 1.29. The lowest BCUT2D eigenvalue weighted by Crippen LogP contribution is -2.25. The Bertz CT molecular complexity index is 1410. The van der Waals surface area contributed by atoms with E-state index in [1.807, 2.05) is 0 Å². The van der Waals surface area contributed by atoms with Crippen LogP contribution in [0, 0.1) is 26.0 Å². The van der Waals surface area contributed by atoms with Gasteiger partial charge in [-0.2, -0.15) is 5.01 Å². The van der Waals surface area contributed by atoms with E-state index >= 15 is 0 Å². The Morgan fingerprint density at radius 1 is 1.03 bits per heavy atom. The number of carbonyl (C=O) groups excluding carboxylic acids is 1. The monoisotopic (exact) mass is 496 g/mol. The molecule has 3 aromatic rings. The minimum Gasteiger partial charge on any atom is -0.493 e. The van der Waals surface area contributed by atoms with Gasteiger partial charge in [-0.15, -0.1) is 5.10 Å². The van der Waals surface area contributed by atoms with Crippen LogP contribution in [0.25, 0.3) is 0 Å². The van der Waals surface area contributed by atoms with Gasteiger partial charge < -0.3 is 14.2 Å². The minimum absolute atomic E-state index is 0.0375. The largest absolute Gasteiger partial charge is 0.493 e. The van der Waals surface area contributed by atoms with Crippen LogP contribution >= 0.6 is 0 Å². The fourth-order valence-corrected chi connectivity index (χ4v) is 3.41. The molecule has 4 rings (SSSR count). The number of non-ortho nitro benzene ring substituents is 1. The molecule has 0 unspecified atom stereocenters. The van der Waals surface area contributed by atoms with E-state index in [9.17, 15) is 29.4 Å². The Labute approximate surface area is 202 Å². The SMILES string of the molecule is COc1cc([C@@H]2OC(c3cccc(F)c3)=NN2C(C)=O)ccc1Oc1ccc([N+](=O)[O-])cc1[N+](=O)[O-]. The molecule has 1 amide bonds. The summed E-state index contributed by atoms with van der Waals surface area (Å²) in [7, 11) is 1.34. The number of benzene rings is 3. The molecule has 0 bridgehead atoms. The summed E-state index contributed by atoms with van der Waals surface area (Å²) in [4.78, 5) is 33.0. The number of rotatable bonds is 7. The number of nitrogens with zero attached hydrogens (tertiary/aromatic N) is 4. The lowest BCUT2D eigenvalue weighted by atomic mass is 10.1. The van der Waals surface area contributed by atoms with E-state index < -0.39 is 39.2 Å². The molecule has 0 fully saturated rings. The van der Waals surface area contributed by atoms with Gasteiger partial charge in [0.15, 0.2) is 11.5 Å². The molecule has 184 valence electrons. The van der Waals surface area contributed by atoms with Gasteiger partial charge in [0.2, 0.25) is 23.8 Å². The Balaban J connectivity index is 1.65. The number of nitro benzene ring substituents is 2. The summed E-state index contributed by atoms with van der Waals surface area (Å²) in [6, 6.07) is 13.0. The fraction of sp³-hybridized carbons (Fsp3) is 0.130. The van der Waals surface area contributed by atoms with E-state index in [1.165, 1.54) is 50.4 Å². The maximum Gasteiger partial charge on any atom is 0.318 e. The topological polar surface area (TPSA) is 147 Å². The zero-order chi connectivity index (χ0) is 26.0. The molecular weight excluding hydrogens is 479 g/mol. The highest BCUT2D eigenvalue weighted by molar-refractivity contribution is 5.96. The molecule has 0 saturated heterocycles. The van der Waals surface area contributed by atoms with Crippen LogP contribution in [0.5, 0.6) is 17.2 Å². The Kier molecular flexibility index (Phi) is 6.46. The molecule has 13 heteroatoms. The molecule has 1 aliphatic rings. The highest BCUT2D eigenvalue weighted by Crippen LogP contribution is 2.40. The number of ether oxygens (including phenoxy) is 3. The first kappa shape index (κ1) is 24.1. The molecule has 0 aromatic heterocycles. The molecule has 3 aromatic carbocycles. The standard InChI is InChI=1S/C23H17FN4O8/c1-13(29)26-23(36-22(25-26)14-4-3-5-16(24)10-14)15-6-8-20(21(11-15)34-2)35-19-9-7-17(27(30)31)12-18(19)28(32)33/h3-12,23H,1-2H3/t23-/m0/s1. The number of hydrogen-bond acceptors (Lipinski definition) is 9. The van der Waals surface area contributed by atoms with Gasteiger partial charge in [-0.25, -0.2) is 4.39 Å². The number of methoxy groups -OCH3 is 1. The van der Waals surface area contributed by atoms with Crippen LogP contribution in [0.1, 0.15) is 24.3 Å². The average molecular weight is 496 g/mol. The van der Waals surface area contributed by atoms with Gasteiger partial charge in [0.25, 0.3) is 5.69 Å². The first-order chi connectivity index (χ1) is 17.2. The molecule has 12 nitrogen and oxygen atoms in total. The van der Waals surface area contributed by atoms with E-state index in [1.54, 1.807) is 6.07 Å². The van der Waals surface area contributed by atoms with E-state index in [4.69, 9.17) is 14.2 Å². The van der Waals surface area contributed by atoms with Gasteiger partial charge in [-0.1, -0.05) is 6.07 Å². The van der Waals surface area contributed by atoms with Gasteiger partial charge in [0.1, 0.15) is 5.82 Å². The summed E-state index contributed by atoms with van der Waals surface area (Å²) >= 11 is 0. The quantitative estimate of drug-likeness (QED) is 0.338. The third-order valence-electron chi connectivity index (χ3n) is 5.08. The van der Waals surface area contributed by atoms with Crippen LogP contribution in [0.3, 0.4) is 0 Å². The molecule has 0 aliphatic carbocycles. The maximum absolute atomic E-state index is 13.7. The number of halogens is 1. The second-order valence-electron chi connectivity index (χ2n) is 7.43. The molecular formula is C23H17FN4O8. The van der Waals surface area contributed by atoms with Gasteiger partial charge in [-0.05, 0) is 42.5 Å². The first-order valence-corrected chi connectivity index (χ1v) is 10.3. The van der Waals surface area contributed by atoms with Crippen molar-refractivity contribution in [2.45, 2.75) is 13.2 Å². The van der Waals surface area contributed by atoms with Gasteiger partial charge in [0, 0.05) is 24.1 Å². The number of hydrogen-bond donors (Lipinski definition) is 0. The summed E-state index contributed by atoms with van der Waals surface area (Å²) < 4.78 is 30.5. The van der Waals surface area contributed by atoms with E-state index in [0.29, 0.717) is 11.1 Å². The summed E-state index contributed by atoms with van der Waals surface area (Å²) in [5.74, 6) is -0.943. The third kappa shape index (κ3) is 4.75. The number of amides is 1. The highest BCUT2D eigenvalue weighted by atomic mass is 19.1. The molecule has 1 aliphatic heterocycles. The van der Waals surface area contributed by atoms with E-state index in [-0.39, 0.29) is 23.1 Å². The predicted molar refractivity (Wildman–Crippen MR) is 122 cm³/mol. The predicted octanol–water partition coefficient (Wildman–Crippen LogP) is 4.68. The van der Waals surface area contributed by atoms with Crippen molar-refractivity contribution in [3.63, 3.8) is 0 Å². The first-order valence-electron chi connectivity index (χ1n) is 10.3. The van der Waals surface area contributed by atoms with E-state index in [0.717, 1.165) is 23.2 Å². The molecule has 1 heterocycles. The van der Waals surface area contributed by atoms with E-state index in [2.05, 4.69) is 5.10 Å². The second-order valence-corrected chi connectivity index (χ2v) is 7.43. The molecule has 36 heavy (non-hydrogen) atoms. The fourth-order valence-electron chi connectivity index (χ4n) is 3.41. The van der Waals surface area contributed by atoms with Crippen molar-refractivity contribution in [1.82, 2.24) is 5.01 Å². The summed E-state index contributed by atoms with van der Waals surface area (Å²) in [5.41, 5.74) is -0.317. The van der Waals surface area contributed by atoms with Crippen LogP contribution in [0.4, 0.5) is 15.8 Å². The molecule has 1 atom stereocenters.